The number of nitrogens with zero attached hydrogens (tertiary/aromatic N) is 4. The van der Waals surface area contributed by atoms with Crippen molar-refractivity contribution in [1.82, 2.24) is 25.4 Å². The molecule has 1 aliphatic rings. The number of hydrogen-bond acceptors (Lipinski definition) is 4. The van der Waals surface area contributed by atoms with Crippen LogP contribution in [0.2, 0.25) is 0 Å². The maximum Gasteiger partial charge on any atom is 0.191 e. The summed E-state index contributed by atoms with van der Waals surface area (Å²) >= 11 is 0. The van der Waals surface area contributed by atoms with Crippen molar-refractivity contribution in [1.29, 1.82) is 0 Å². The summed E-state index contributed by atoms with van der Waals surface area (Å²) < 4.78 is 21.2. The van der Waals surface area contributed by atoms with E-state index < -0.39 is 0 Å². The first-order valence-electron chi connectivity index (χ1n) is 10.0. The fourth-order valence-electron chi connectivity index (χ4n) is 3.21. The van der Waals surface area contributed by atoms with Crippen molar-refractivity contribution >= 4 is 5.96 Å². The monoisotopic (exact) mass is 388 g/mol. The summed E-state index contributed by atoms with van der Waals surface area (Å²) in [7, 11) is 0. The number of fused-ring (bicyclic) bond motifs is 1. The maximum absolute atomic E-state index is 13.3. The molecule has 0 bridgehead atoms. The lowest BCUT2D eigenvalue weighted by molar-refractivity contribution is 0.223. The molecule has 0 aliphatic carbocycles. The summed E-state index contributed by atoms with van der Waals surface area (Å²) in [5.41, 5.74) is 0. The summed E-state index contributed by atoms with van der Waals surface area (Å²) in [6, 6.07) is 6.16. The van der Waals surface area contributed by atoms with Crippen molar-refractivity contribution < 1.29 is 9.13 Å². The molecule has 1 atom stereocenters. The second-order valence-electron chi connectivity index (χ2n) is 6.96. The van der Waals surface area contributed by atoms with Crippen molar-refractivity contribution in [3.8, 4) is 5.75 Å². The van der Waals surface area contributed by atoms with Gasteiger partial charge in [-0.3, -0.25) is 0 Å². The van der Waals surface area contributed by atoms with Gasteiger partial charge in [-0.1, -0.05) is 12.5 Å². The first-order chi connectivity index (χ1) is 13.7. The largest absolute Gasteiger partial charge is 0.489 e. The topological polar surface area (TPSA) is 76.4 Å². The molecule has 7 nitrogen and oxygen atoms in total. The van der Waals surface area contributed by atoms with E-state index in [4.69, 9.17) is 4.74 Å². The average Bonchev–Trinajstić information content (AvgIpc) is 2.90. The van der Waals surface area contributed by atoms with E-state index in [0.717, 1.165) is 37.6 Å². The van der Waals surface area contributed by atoms with Crippen LogP contribution in [0.15, 0.2) is 29.3 Å². The van der Waals surface area contributed by atoms with Crippen LogP contribution in [-0.2, 0) is 19.5 Å². The molecule has 28 heavy (non-hydrogen) atoms. The molecule has 1 aromatic carbocycles. The lowest BCUT2D eigenvalue weighted by Crippen LogP contribution is -2.41. The lowest BCUT2D eigenvalue weighted by atomic mass is 10.2. The highest BCUT2D eigenvalue weighted by Gasteiger charge is 2.14. The van der Waals surface area contributed by atoms with Gasteiger partial charge in [-0.2, -0.15) is 0 Å². The molecule has 1 aliphatic heterocycles. The summed E-state index contributed by atoms with van der Waals surface area (Å²) in [5, 5.41) is 15.1. The number of ether oxygens (including phenoxy) is 1. The predicted molar refractivity (Wildman–Crippen MR) is 107 cm³/mol. The third-order valence-electron chi connectivity index (χ3n) is 4.60. The molecule has 152 valence electrons. The summed E-state index contributed by atoms with van der Waals surface area (Å²) in [6.07, 6.45) is 4.42. The molecular weight excluding hydrogens is 359 g/mol. The van der Waals surface area contributed by atoms with Crippen molar-refractivity contribution in [3.63, 3.8) is 0 Å². The number of halogens is 1. The van der Waals surface area contributed by atoms with Crippen LogP contribution >= 0.6 is 0 Å². The molecular formula is C20H29FN6O. The van der Waals surface area contributed by atoms with E-state index in [1.807, 2.05) is 13.8 Å². The second kappa shape index (κ2) is 10.1. The summed E-state index contributed by atoms with van der Waals surface area (Å²) in [5.74, 6) is 2.88. The molecule has 2 aromatic rings. The zero-order valence-corrected chi connectivity index (χ0v) is 16.6. The van der Waals surface area contributed by atoms with E-state index in [0.29, 0.717) is 24.8 Å². The zero-order chi connectivity index (χ0) is 19.8. The smallest absolute Gasteiger partial charge is 0.191 e. The second-order valence-corrected chi connectivity index (χ2v) is 6.96. The van der Waals surface area contributed by atoms with Crippen LogP contribution in [0.5, 0.6) is 5.75 Å². The third kappa shape index (κ3) is 5.68. The van der Waals surface area contributed by atoms with Crippen LogP contribution in [0.25, 0.3) is 0 Å². The molecule has 2 heterocycles. The Morgan fingerprint density at radius 2 is 2.18 bits per heavy atom. The molecule has 2 N–H and O–H groups in total. The maximum atomic E-state index is 13.3. The SMILES string of the molecule is CCNC(=NCc1nnc2n1CCCCC2)NCC(C)Oc1cccc(F)c1. The Hall–Kier alpha value is -2.64. The molecule has 0 spiro atoms. The first kappa shape index (κ1) is 20.1. The van der Waals surface area contributed by atoms with Crippen LogP contribution in [-0.4, -0.2) is 39.9 Å². The Balaban J connectivity index is 1.56. The number of nitrogens with one attached hydrogen (secondary N) is 2. The Labute approximate surface area is 165 Å². The fourth-order valence-corrected chi connectivity index (χ4v) is 3.21. The minimum Gasteiger partial charge on any atom is -0.489 e. The van der Waals surface area contributed by atoms with Crippen molar-refractivity contribution in [2.75, 3.05) is 13.1 Å². The van der Waals surface area contributed by atoms with E-state index in [2.05, 4.69) is 30.4 Å². The van der Waals surface area contributed by atoms with E-state index in [9.17, 15) is 4.39 Å². The van der Waals surface area contributed by atoms with Gasteiger partial charge >= 0.3 is 0 Å². The van der Waals surface area contributed by atoms with Crippen LogP contribution in [0.1, 0.15) is 44.8 Å². The van der Waals surface area contributed by atoms with Crippen LogP contribution in [0, 0.1) is 5.82 Å². The summed E-state index contributed by atoms with van der Waals surface area (Å²) in [6.45, 7) is 6.69. The number of aliphatic imine (C=N–C) groups is 1. The van der Waals surface area contributed by atoms with Crippen molar-refractivity contribution in [2.45, 2.75) is 58.7 Å². The number of guanidine groups is 1. The number of aryl methyl sites for hydroxylation is 1. The van der Waals surface area contributed by atoms with Gasteiger partial charge in [0.05, 0.1) is 6.54 Å². The van der Waals surface area contributed by atoms with E-state index >= 15 is 0 Å². The molecule has 1 unspecified atom stereocenters. The van der Waals surface area contributed by atoms with E-state index in [1.165, 1.54) is 25.0 Å². The number of aromatic nitrogens is 3. The summed E-state index contributed by atoms with van der Waals surface area (Å²) in [4.78, 5) is 4.64. The molecule has 0 radical (unpaired) electrons. The minimum absolute atomic E-state index is 0.143. The number of hydrogen-bond donors (Lipinski definition) is 2. The van der Waals surface area contributed by atoms with Gasteiger partial charge in [0.1, 0.15) is 30.0 Å². The Morgan fingerprint density at radius 3 is 3.00 bits per heavy atom. The lowest BCUT2D eigenvalue weighted by Gasteiger charge is -2.17. The molecule has 8 heteroatoms. The van der Waals surface area contributed by atoms with Gasteiger partial charge in [-0.05, 0) is 38.8 Å². The zero-order valence-electron chi connectivity index (χ0n) is 16.6. The van der Waals surface area contributed by atoms with Crippen LogP contribution < -0.4 is 15.4 Å². The highest BCUT2D eigenvalue weighted by molar-refractivity contribution is 5.79. The highest BCUT2D eigenvalue weighted by Crippen LogP contribution is 2.15. The van der Waals surface area contributed by atoms with Gasteiger partial charge in [0.15, 0.2) is 11.8 Å². The molecule has 0 fully saturated rings. The molecule has 0 amide bonds. The molecule has 3 rings (SSSR count). The normalized spacial score (nSPS) is 15.5. The van der Waals surface area contributed by atoms with Crippen molar-refractivity contribution in [2.24, 2.45) is 4.99 Å². The molecule has 0 saturated heterocycles. The van der Waals surface area contributed by atoms with Crippen molar-refractivity contribution in [3.05, 3.63) is 41.7 Å². The minimum atomic E-state index is -0.306. The number of rotatable bonds is 7. The van der Waals surface area contributed by atoms with Gasteiger partial charge in [0.2, 0.25) is 0 Å². The Kier molecular flexibility index (Phi) is 7.22. The van der Waals surface area contributed by atoms with Gasteiger partial charge in [-0.25, -0.2) is 9.38 Å². The van der Waals surface area contributed by atoms with Gasteiger partial charge in [-0.15, -0.1) is 10.2 Å². The van der Waals surface area contributed by atoms with Crippen LogP contribution in [0.4, 0.5) is 4.39 Å². The Bertz CT molecular complexity index is 791. The van der Waals surface area contributed by atoms with Gasteiger partial charge in [0, 0.05) is 25.6 Å². The first-order valence-corrected chi connectivity index (χ1v) is 10.0. The Morgan fingerprint density at radius 1 is 1.29 bits per heavy atom. The third-order valence-corrected chi connectivity index (χ3v) is 4.60. The van der Waals surface area contributed by atoms with E-state index in [1.54, 1.807) is 12.1 Å². The predicted octanol–water partition coefficient (Wildman–Crippen LogP) is 2.67. The van der Waals surface area contributed by atoms with Gasteiger partial charge < -0.3 is 19.9 Å². The average molecular weight is 388 g/mol. The number of benzene rings is 1. The molecule has 1 aromatic heterocycles. The van der Waals surface area contributed by atoms with Gasteiger partial charge in [0.25, 0.3) is 0 Å². The molecule has 0 saturated carbocycles. The van der Waals surface area contributed by atoms with Crippen LogP contribution in [0.3, 0.4) is 0 Å². The quantitative estimate of drug-likeness (QED) is 0.563. The standard InChI is InChI=1S/C20H29FN6O/c1-3-22-20(23-13-15(2)28-17-9-7-8-16(21)12-17)24-14-19-26-25-18-10-5-4-6-11-27(18)19/h7-9,12,15H,3-6,10-11,13-14H2,1-2H3,(H2,22,23,24). The fraction of sp³-hybridized carbons (Fsp3) is 0.550. The van der Waals surface area contributed by atoms with E-state index in [-0.39, 0.29) is 11.9 Å². The highest BCUT2D eigenvalue weighted by atomic mass is 19.1.